The molecule has 0 spiro atoms. The van der Waals surface area contributed by atoms with Gasteiger partial charge in [0.25, 0.3) is 0 Å². The molecular weight excluding hydrogens is 314 g/mol. The number of aryl methyl sites for hydroxylation is 1. The van der Waals surface area contributed by atoms with Crippen molar-refractivity contribution >= 4 is 0 Å². The highest BCUT2D eigenvalue weighted by Gasteiger charge is 2.23. The van der Waals surface area contributed by atoms with Gasteiger partial charge in [0.05, 0.1) is 19.9 Å². The van der Waals surface area contributed by atoms with Gasteiger partial charge in [0.15, 0.2) is 0 Å². The van der Waals surface area contributed by atoms with E-state index in [0.717, 1.165) is 30.8 Å². The molecule has 0 fully saturated rings. The summed E-state index contributed by atoms with van der Waals surface area (Å²) in [6, 6.07) is 6.73. The normalized spacial score (nSPS) is 16.7. The van der Waals surface area contributed by atoms with E-state index in [1.165, 1.54) is 29.7 Å². The summed E-state index contributed by atoms with van der Waals surface area (Å²) in [7, 11) is 1.71. The first-order valence-corrected chi connectivity index (χ1v) is 9.28. The van der Waals surface area contributed by atoms with Crippen LogP contribution in [0.3, 0.4) is 0 Å². The lowest BCUT2D eigenvalue weighted by Gasteiger charge is -2.24. The summed E-state index contributed by atoms with van der Waals surface area (Å²) in [5.74, 6) is 0.890. The fraction of sp³-hybridized carbons (Fsp3) is 0.550. The molecule has 3 rings (SSSR count). The van der Waals surface area contributed by atoms with E-state index in [1.54, 1.807) is 7.11 Å². The van der Waals surface area contributed by atoms with E-state index in [0.29, 0.717) is 19.3 Å². The van der Waals surface area contributed by atoms with Crippen LogP contribution >= 0.6 is 0 Å². The number of methoxy groups -OCH3 is 1. The van der Waals surface area contributed by atoms with Gasteiger partial charge in [-0.3, -0.25) is 4.68 Å². The second kappa shape index (κ2) is 8.50. The van der Waals surface area contributed by atoms with Crippen LogP contribution in [0, 0.1) is 0 Å². The van der Waals surface area contributed by atoms with Gasteiger partial charge < -0.3 is 14.8 Å². The van der Waals surface area contributed by atoms with Crippen LogP contribution in [-0.4, -0.2) is 23.5 Å². The predicted molar refractivity (Wildman–Crippen MR) is 98.7 cm³/mol. The molecule has 1 aliphatic rings. The van der Waals surface area contributed by atoms with Crippen molar-refractivity contribution in [2.24, 2.45) is 0 Å². The van der Waals surface area contributed by atoms with Crippen LogP contribution < -0.4 is 10.1 Å². The molecule has 25 heavy (non-hydrogen) atoms. The van der Waals surface area contributed by atoms with Crippen molar-refractivity contribution in [3.05, 3.63) is 46.8 Å². The highest BCUT2D eigenvalue weighted by Crippen LogP contribution is 2.30. The van der Waals surface area contributed by atoms with Crippen LogP contribution in [0.15, 0.2) is 24.4 Å². The lowest BCUT2D eigenvalue weighted by molar-refractivity contribution is 0.132. The van der Waals surface area contributed by atoms with Crippen LogP contribution in [0.25, 0.3) is 0 Å². The average molecular weight is 343 g/mol. The van der Waals surface area contributed by atoms with Gasteiger partial charge in [-0.05, 0) is 50.8 Å². The Hall–Kier alpha value is -1.85. The van der Waals surface area contributed by atoms with E-state index in [1.807, 2.05) is 19.2 Å². The minimum atomic E-state index is 0.390. The second-order valence-corrected chi connectivity index (χ2v) is 6.47. The minimum Gasteiger partial charge on any atom is -0.496 e. The van der Waals surface area contributed by atoms with Gasteiger partial charge in [-0.15, -0.1) is 0 Å². The Morgan fingerprint density at radius 1 is 1.32 bits per heavy atom. The Balaban J connectivity index is 1.69. The SMILES string of the molecule is CCOCc1cc(CN[C@@H]2CCCc3c2cnn3CC)ccc1OC. The number of nitrogens with one attached hydrogen (secondary N) is 1. The standard InChI is InChI=1S/C20H29N3O2/c1-4-23-19-8-6-7-18(17(19)13-22-23)21-12-15-9-10-20(24-3)16(11-15)14-25-5-2/h9-11,13,18,21H,4-8,12,14H2,1-3H3/t18-/m1/s1. The Morgan fingerprint density at radius 2 is 2.20 bits per heavy atom. The minimum absolute atomic E-state index is 0.390. The summed E-state index contributed by atoms with van der Waals surface area (Å²) in [6.45, 7) is 7.24. The number of hydrogen-bond acceptors (Lipinski definition) is 4. The maximum Gasteiger partial charge on any atom is 0.124 e. The number of benzene rings is 1. The summed E-state index contributed by atoms with van der Waals surface area (Å²) >= 11 is 0. The highest BCUT2D eigenvalue weighted by molar-refractivity contribution is 5.37. The molecule has 0 amide bonds. The first-order chi connectivity index (χ1) is 12.3. The van der Waals surface area contributed by atoms with Crippen molar-refractivity contribution in [2.75, 3.05) is 13.7 Å². The quantitative estimate of drug-likeness (QED) is 0.795. The Labute approximate surface area is 150 Å². The maximum absolute atomic E-state index is 5.56. The van der Waals surface area contributed by atoms with Crippen LogP contribution in [0.1, 0.15) is 55.1 Å². The molecule has 1 heterocycles. The van der Waals surface area contributed by atoms with Crippen LogP contribution in [0.4, 0.5) is 0 Å². The third-order valence-corrected chi connectivity index (χ3v) is 4.92. The molecular formula is C20H29N3O2. The lowest BCUT2D eigenvalue weighted by atomic mass is 9.92. The van der Waals surface area contributed by atoms with Crippen molar-refractivity contribution in [3.63, 3.8) is 0 Å². The first-order valence-electron chi connectivity index (χ1n) is 9.28. The zero-order valence-corrected chi connectivity index (χ0v) is 15.5. The largest absolute Gasteiger partial charge is 0.496 e. The van der Waals surface area contributed by atoms with Crippen molar-refractivity contribution in [3.8, 4) is 5.75 Å². The van der Waals surface area contributed by atoms with Gasteiger partial charge in [-0.2, -0.15) is 5.10 Å². The van der Waals surface area contributed by atoms with Gasteiger partial charge in [-0.1, -0.05) is 6.07 Å². The molecule has 5 nitrogen and oxygen atoms in total. The third kappa shape index (κ3) is 4.05. The van der Waals surface area contributed by atoms with E-state index in [-0.39, 0.29) is 0 Å². The van der Waals surface area contributed by atoms with Gasteiger partial charge in [0, 0.05) is 42.6 Å². The molecule has 1 aliphatic carbocycles. The number of aromatic nitrogens is 2. The fourth-order valence-corrected chi connectivity index (χ4v) is 3.61. The molecule has 0 bridgehead atoms. The number of hydrogen-bond donors (Lipinski definition) is 1. The molecule has 1 aromatic heterocycles. The monoisotopic (exact) mass is 343 g/mol. The van der Waals surface area contributed by atoms with Crippen LogP contribution in [-0.2, 0) is 30.9 Å². The molecule has 2 aromatic rings. The molecule has 1 N–H and O–H groups in total. The van der Waals surface area contributed by atoms with Crippen molar-refractivity contribution in [1.29, 1.82) is 0 Å². The maximum atomic E-state index is 5.56. The molecule has 1 atom stereocenters. The number of rotatable bonds is 8. The lowest BCUT2D eigenvalue weighted by Crippen LogP contribution is -2.25. The smallest absolute Gasteiger partial charge is 0.124 e. The summed E-state index contributed by atoms with van der Waals surface area (Å²) in [4.78, 5) is 0. The molecule has 0 saturated heterocycles. The molecule has 0 aliphatic heterocycles. The van der Waals surface area contributed by atoms with Crippen molar-refractivity contribution in [2.45, 2.75) is 58.8 Å². The first kappa shape index (κ1) is 18.0. The predicted octanol–water partition coefficient (Wildman–Crippen LogP) is 3.62. The van der Waals surface area contributed by atoms with Gasteiger partial charge in [0.2, 0.25) is 0 Å². The van der Waals surface area contributed by atoms with Crippen LogP contribution in [0.2, 0.25) is 0 Å². The average Bonchev–Trinajstić information content (AvgIpc) is 3.08. The summed E-state index contributed by atoms with van der Waals surface area (Å²) in [6.07, 6.45) is 5.57. The summed E-state index contributed by atoms with van der Waals surface area (Å²) in [5.41, 5.74) is 5.13. The number of nitrogens with zero attached hydrogens (tertiary/aromatic N) is 2. The van der Waals surface area contributed by atoms with Crippen molar-refractivity contribution in [1.82, 2.24) is 15.1 Å². The van der Waals surface area contributed by atoms with Crippen LogP contribution in [0.5, 0.6) is 5.75 Å². The second-order valence-electron chi connectivity index (χ2n) is 6.47. The summed E-state index contributed by atoms with van der Waals surface area (Å²) in [5, 5.41) is 8.25. The van der Waals surface area contributed by atoms with E-state index < -0.39 is 0 Å². The highest BCUT2D eigenvalue weighted by atomic mass is 16.5. The Bertz CT molecular complexity index is 696. The zero-order chi connectivity index (χ0) is 17.6. The molecule has 5 heteroatoms. The number of fused-ring (bicyclic) bond motifs is 1. The topological polar surface area (TPSA) is 48.3 Å². The molecule has 136 valence electrons. The summed E-state index contributed by atoms with van der Waals surface area (Å²) < 4.78 is 13.1. The molecule has 0 unspecified atom stereocenters. The van der Waals surface area contributed by atoms with Gasteiger partial charge >= 0.3 is 0 Å². The number of ether oxygens (including phenoxy) is 2. The van der Waals surface area contributed by atoms with E-state index in [2.05, 4.69) is 34.2 Å². The third-order valence-electron chi connectivity index (χ3n) is 4.92. The van der Waals surface area contributed by atoms with E-state index >= 15 is 0 Å². The van der Waals surface area contributed by atoms with Gasteiger partial charge in [-0.25, -0.2) is 0 Å². The zero-order valence-electron chi connectivity index (χ0n) is 15.5. The van der Waals surface area contributed by atoms with Crippen molar-refractivity contribution < 1.29 is 9.47 Å². The van der Waals surface area contributed by atoms with Gasteiger partial charge in [0.1, 0.15) is 5.75 Å². The Morgan fingerprint density at radius 3 is 2.96 bits per heavy atom. The fourth-order valence-electron chi connectivity index (χ4n) is 3.61. The molecule has 1 aromatic carbocycles. The van der Waals surface area contributed by atoms with E-state index in [9.17, 15) is 0 Å². The molecule has 0 radical (unpaired) electrons. The van der Waals surface area contributed by atoms with E-state index in [4.69, 9.17) is 9.47 Å². The molecule has 0 saturated carbocycles. The Kier molecular flexibility index (Phi) is 6.10.